The van der Waals surface area contributed by atoms with Gasteiger partial charge in [0.15, 0.2) is 0 Å². The quantitative estimate of drug-likeness (QED) is 0.616. The molecule has 1 N–H and O–H groups in total. The third-order valence-corrected chi connectivity index (χ3v) is 5.69. The first-order chi connectivity index (χ1) is 13.6. The Balaban J connectivity index is 1.71. The van der Waals surface area contributed by atoms with Gasteiger partial charge in [0.1, 0.15) is 5.75 Å². The number of carbonyl (C=O) groups is 1. The molecular weight excluding hydrogens is 368 g/mol. The molecule has 0 saturated carbocycles. The highest BCUT2D eigenvalue weighted by atomic mass is 32.1. The Morgan fingerprint density at radius 2 is 1.75 bits per heavy atom. The maximum Gasteiger partial charge on any atom is 0.234 e. The second kappa shape index (κ2) is 9.53. The second-order valence-corrected chi connectivity index (χ2v) is 7.88. The number of thiophene rings is 1. The maximum atomic E-state index is 12.8. The van der Waals surface area contributed by atoms with Crippen molar-refractivity contribution in [2.45, 2.75) is 19.5 Å². The molecule has 0 spiro atoms. The predicted octanol–water partition coefficient (Wildman–Crippen LogP) is 4.40. The van der Waals surface area contributed by atoms with E-state index in [0.29, 0.717) is 6.54 Å². The van der Waals surface area contributed by atoms with Crippen LogP contribution in [0.25, 0.3) is 0 Å². The van der Waals surface area contributed by atoms with Gasteiger partial charge in [0, 0.05) is 11.4 Å². The standard InChI is InChI=1S/C23H26N2O2S/c1-17-13-14-28-21(17)15-25(2)16-22(26)24-23(18-7-5-4-6-8-18)19-9-11-20(27-3)12-10-19/h4-14,23H,15-16H2,1-3H3,(H,24,26)/t23-/m0/s1. The highest BCUT2D eigenvalue weighted by Gasteiger charge is 2.18. The average molecular weight is 395 g/mol. The monoisotopic (exact) mass is 394 g/mol. The van der Waals surface area contributed by atoms with Crippen LogP contribution in [0.15, 0.2) is 66.0 Å². The molecule has 0 aliphatic rings. The van der Waals surface area contributed by atoms with Gasteiger partial charge in [-0.1, -0.05) is 42.5 Å². The normalized spacial score (nSPS) is 12.0. The molecule has 0 aliphatic heterocycles. The first-order valence-electron chi connectivity index (χ1n) is 9.26. The molecule has 0 saturated heterocycles. The first-order valence-corrected chi connectivity index (χ1v) is 10.1. The van der Waals surface area contributed by atoms with E-state index in [-0.39, 0.29) is 11.9 Å². The summed E-state index contributed by atoms with van der Waals surface area (Å²) in [6, 6.07) is 19.8. The molecule has 0 radical (unpaired) electrons. The Bertz CT molecular complexity index is 890. The van der Waals surface area contributed by atoms with Gasteiger partial charge in [-0.25, -0.2) is 0 Å². The van der Waals surface area contributed by atoms with Crippen molar-refractivity contribution in [2.75, 3.05) is 20.7 Å². The largest absolute Gasteiger partial charge is 0.497 e. The van der Waals surface area contributed by atoms with Crippen LogP contribution in [0.3, 0.4) is 0 Å². The molecular formula is C23H26N2O2S. The number of amides is 1. The van der Waals surface area contributed by atoms with Gasteiger partial charge in [0.2, 0.25) is 5.91 Å². The third-order valence-electron chi connectivity index (χ3n) is 4.68. The summed E-state index contributed by atoms with van der Waals surface area (Å²) in [6.07, 6.45) is 0. The Morgan fingerprint density at radius 3 is 2.36 bits per heavy atom. The van der Waals surface area contributed by atoms with Gasteiger partial charge in [-0.15, -0.1) is 11.3 Å². The number of hydrogen-bond donors (Lipinski definition) is 1. The van der Waals surface area contributed by atoms with Gasteiger partial charge >= 0.3 is 0 Å². The van der Waals surface area contributed by atoms with Crippen LogP contribution in [-0.4, -0.2) is 31.5 Å². The molecule has 146 valence electrons. The van der Waals surface area contributed by atoms with E-state index in [1.54, 1.807) is 18.4 Å². The zero-order valence-corrected chi connectivity index (χ0v) is 17.3. The average Bonchev–Trinajstić information content (AvgIpc) is 3.11. The van der Waals surface area contributed by atoms with Gasteiger partial charge in [-0.05, 0) is 54.2 Å². The molecule has 0 aliphatic carbocycles. The van der Waals surface area contributed by atoms with E-state index in [1.807, 2.05) is 66.5 Å². The summed E-state index contributed by atoms with van der Waals surface area (Å²) in [5.74, 6) is 0.800. The molecule has 1 amide bonds. The number of nitrogens with one attached hydrogen (secondary N) is 1. The van der Waals surface area contributed by atoms with Crippen molar-refractivity contribution in [1.29, 1.82) is 0 Å². The number of likely N-dealkylation sites (N-methyl/N-ethyl adjacent to an activating group) is 1. The molecule has 28 heavy (non-hydrogen) atoms. The summed E-state index contributed by atoms with van der Waals surface area (Å²) in [5, 5.41) is 5.29. The molecule has 4 nitrogen and oxygen atoms in total. The molecule has 2 aromatic carbocycles. The molecule has 5 heteroatoms. The number of nitrogens with zero attached hydrogens (tertiary/aromatic N) is 1. The maximum absolute atomic E-state index is 12.8. The number of benzene rings is 2. The van der Waals surface area contributed by atoms with Crippen LogP contribution in [0.5, 0.6) is 5.75 Å². The van der Waals surface area contributed by atoms with Gasteiger partial charge in [0.05, 0.1) is 19.7 Å². The smallest absolute Gasteiger partial charge is 0.234 e. The summed E-state index contributed by atoms with van der Waals surface area (Å²) in [6.45, 7) is 3.22. The van der Waals surface area contributed by atoms with Crippen molar-refractivity contribution in [3.8, 4) is 5.75 Å². The fraction of sp³-hybridized carbons (Fsp3) is 0.261. The Labute approximate surface area is 170 Å². The van der Waals surface area contributed by atoms with E-state index in [0.717, 1.165) is 23.4 Å². The van der Waals surface area contributed by atoms with Crippen LogP contribution in [-0.2, 0) is 11.3 Å². The van der Waals surface area contributed by atoms with Crippen molar-refractivity contribution >= 4 is 17.2 Å². The molecule has 1 atom stereocenters. The highest BCUT2D eigenvalue weighted by Crippen LogP contribution is 2.24. The zero-order valence-electron chi connectivity index (χ0n) is 16.5. The lowest BCUT2D eigenvalue weighted by molar-refractivity contribution is -0.122. The van der Waals surface area contributed by atoms with Crippen LogP contribution in [0.2, 0.25) is 0 Å². The van der Waals surface area contributed by atoms with Crippen molar-refractivity contribution in [3.63, 3.8) is 0 Å². The molecule has 3 aromatic rings. The molecule has 1 heterocycles. The van der Waals surface area contributed by atoms with E-state index in [1.165, 1.54) is 10.4 Å². The molecule has 0 unspecified atom stereocenters. The van der Waals surface area contributed by atoms with E-state index in [2.05, 4.69) is 23.7 Å². The summed E-state index contributed by atoms with van der Waals surface area (Å²) >= 11 is 1.73. The number of ether oxygens (including phenoxy) is 1. The fourth-order valence-electron chi connectivity index (χ4n) is 3.12. The van der Waals surface area contributed by atoms with Crippen molar-refractivity contribution < 1.29 is 9.53 Å². The van der Waals surface area contributed by atoms with Crippen LogP contribution < -0.4 is 10.1 Å². The first kappa shape index (κ1) is 20.1. The van der Waals surface area contributed by atoms with Gasteiger partial charge in [0.25, 0.3) is 0 Å². The fourth-order valence-corrected chi connectivity index (χ4v) is 4.11. The molecule has 1 aromatic heterocycles. The topological polar surface area (TPSA) is 41.6 Å². The van der Waals surface area contributed by atoms with Crippen LogP contribution >= 0.6 is 11.3 Å². The summed E-state index contributed by atoms with van der Waals surface area (Å²) < 4.78 is 5.25. The van der Waals surface area contributed by atoms with Crippen molar-refractivity contribution in [1.82, 2.24) is 10.2 Å². The Hall–Kier alpha value is -2.63. The number of carbonyl (C=O) groups excluding carboxylic acids is 1. The van der Waals surface area contributed by atoms with E-state index >= 15 is 0 Å². The van der Waals surface area contributed by atoms with Gasteiger partial charge in [-0.2, -0.15) is 0 Å². The Kier molecular flexibility index (Phi) is 6.85. The van der Waals surface area contributed by atoms with Crippen molar-refractivity contribution in [2.24, 2.45) is 0 Å². The lowest BCUT2D eigenvalue weighted by Crippen LogP contribution is -2.37. The van der Waals surface area contributed by atoms with Crippen LogP contribution in [0.1, 0.15) is 27.6 Å². The second-order valence-electron chi connectivity index (χ2n) is 6.88. The lowest BCUT2D eigenvalue weighted by atomic mass is 9.98. The molecule has 0 fully saturated rings. The van der Waals surface area contributed by atoms with E-state index < -0.39 is 0 Å². The van der Waals surface area contributed by atoms with E-state index in [4.69, 9.17) is 4.74 Å². The number of rotatable bonds is 8. The highest BCUT2D eigenvalue weighted by molar-refractivity contribution is 7.10. The predicted molar refractivity (Wildman–Crippen MR) is 115 cm³/mol. The minimum Gasteiger partial charge on any atom is -0.497 e. The van der Waals surface area contributed by atoms with E-state index in [9.17, 15) is 4.79 Å². The number of methoxy groups -OCH3 is 1. The minimum absolute atomic E-state index is 0.00128. The summed E-state index contributed by atoms with van der Waals surface area (Å²) in [5.41, 5.74) is 3.35. The SMILES string of the molecule is COc1ccc([C@@H](NC(=O)CN(C)Cc2sccc2C)c2ccccc2)cc1. The van der Waals surface area contributed by atoms with Gasteiger partial charge < -0.3 is 10.1 Å². The van der Waals surface area contributed by atoms with Crippen LogP contribution in [0, 0.1) is 6.92 Å². The lowest BCUT2D eigenvalue weighted by Gasteiger charge is -2.22. The number of aryl methyl sites for hydroxylation is 1. The molecule has 0 bridgehead atoms. The zero-order chi connectivity index (χ0) is 19.9. The number of hydrogen-bond acceptors (Lipinski definition) is 4. The molecule has 3 rings (SSSR count). The summed E-state index contributed by atoms with van der Waals surface area (Å²) in [7, 11) is 3.63. The van der Waals surface area contributed by atoms with Crippen molar-refractivity contribution in [3.05, 3.63) is 87.6 Å². The third kappa shape index (κ3) is 5.21. The minimum atomic E-state index is -0.198. The Morgan fingerprint density at radius 1 is 1.07 bits per heavy atom. The van der Waals surface area contributed by atoms with Crippen LogP contribution in [0.4, 0.5) is 0 Å². The summed E-state index contributed by atoms with van der Waals surface area (Å²) in [4.78, 5) is 16.1. The van der Waals surface area contributed by atoms with Gasteiger partial charge in [-0.3, -0.25) is 9.69 Å².